The van der Waals surface area contributed by atoms with Gasteiger partial charge in [-0.05, 0) is 19.1 Å². The Kier molecular flexibility index (Phi) is 7.76. The molecule has 1 aromatic heterocycles. The van der Waals surface area contributed by atoms with Gasteiger partial charge < -0.3 is 9.30 Å². The molecule has 0 saturated carbocycles. The van der Waals surface area contributed by atoms with Gasteiger partial charge in [-0.15, -0.1) is 0 Å². The van der Waals surface area contributed by atoms with E-state index in [9.17, 15) is 4.79 Å². The van der Waals surface area contributed by atoms with Gasteiger partial charge in [0.25, 0.3) is 0 Å². The fourth-order valence-corrected chi connectivity index (χ4v) is 6.35. The lowest BCUT2D eigenvalue weighted by atomic mass is 10.4. The van der Waals surface area contributed by atoms with E-state index in [1.807, 2.05) is 54.7 Å². The maximum Gasteiger partial charge on any atom is 0.325 e. The molecule has 140 valence electrons. The molecule has 0 aliphatic carbocycles. The van der Waals surface area contributed by atoms with E-state index in [0.29, 0.717) is 12.1 Å². The molecule has 2 rings (SSSR count). The van der Waals surface area contributed by atoms with Gasteiger partial charge in [-0.2, -0.15) is 0 Å². The van der Waals surface area contributed by atoms with Gasteiger partial charge in [0.15, 0.2) is 6.34 Å². The molecule has 1 unspecified atom stereocenters. The maximum absolute atomic E-state index is 11.9. The smallest absolute Gasteiger partial charge is 0.325 e. The van der Waals surface area contributed by atoms with E-state index in [1.54, 1.807) is 11.5 Å². The summed E-state index contributed by atoms with van der Waals surface area (Å²) in [5.74, 6) is -0.281. The molecular weight excluding hydrogens is 365 g/mol. The fraction of sp³-hybridized carbons (Fsp3) is 0.368. The van der Waals surface area contributed by atoms with Gasteiger partial charge in [-0.1, -0.05) is 62.1 Å². The Morgan fingerprint density at radius 3 is 2.38 bits per heavy atom. The molecule has 1 atom stereocenters. The Balaban J connectivity index is 2.58. The van der Waals surface area contributed by atoms with Gasteiger partial charge >= 0.3 is 5.97 Å². The largest absolute Gasteiger partial charge is 0.465 e. The van der Waals surface area contributed by atoms with Crippen LogP contribution in [0.4, 0.5) is 0 Å². The molecule has 1 heterocycles. The lowest BCUT2D eigenvalue weighted by molar-refractivity contribution is -0.143. The van der Waals surface area contributed by atoms with E-state index < -0.39 is 6.34 Å². The van der Waals surface area contributed by atoms with Crippen molar-refractivity contribution >= 4 is 29.4 Å². The van der Waals surface area contributed by atoms with Crippen LogP contribution in [0.3, 0.4) is 0 Å². The zero-order valence-electron chi connectivity index (χ0n) is 15.5. The molecule has 1 aromatic carbocycles. The molecule has 2 aromatic rings. The van der Waals surface area contributed by atoms with Crippen LogP contribution in [-0.4, -0.2) is 34.9 Å². The lowest BCUT2D eigenvalue weighted by Gasteiger charge is -2.30. The highest BCUT2D eigenvalue weighted by molar-refractivity contribution is 8.16. The van der Waals surface area contributed by atoms with E-state index in [1.165, 1.54) is 0 Å². The second kappa shape index (κ2) is 9.81. The number of ether oxygens (including phenoxy) is 1. The van der Waals surface area contributed by atoms with Crippen molar-refractivity contribution < 1.29 is 9.53 Å². The minimum absolute atomic E-state index is 0.121. The van der Waals surface area contributed by atoms with Crippen molar-refractivity contribution in [1.82, 2.24) is 9.24 Å². The van der Waals surface area contributed by atoms with Crippen molar-refractivity contribution in [2.45, 2.75) is 27.3 Å². The average Bonchev–Trinajstić information content (AvgIpc) is 2.65. The third-order valence-electron chi connectivity index (χ3n) is 3.97. The fourth-order valence-electron chi connectivity index (χ4n) is 2.69. The van der Waals surface area contributed by atoms with E-state index in [-0.39, 0.29) is 12.5 Å². The highest BCUT2D eigenvalue weighted by Crippen LogP contribution is 2.49. The molecule has 0 aliphatic heterocycles. The van der Waals surface area contributed by atoms with Crippen LogP contribution >= 0.6 is 6.34 Å². The van der Waals surface area contributed by atoms with Gasteiger partial charge in [0, 0.05) is 24.6 Å². The number of esters is 1. The Morgan fingerprint density at radius 1 is 1.12 bits per heavy atom. The minimum atomic E-state index is -2.37. The number of hydrogen-bond donors (Lipinski definition) is 0. The minimum Gasteiger partial charge on any atom is -0.465 e. The van der Waals surface area contributed by atoms with Gasteiger partial charge in [0.05, 0.1) is 6.61 Å². The number of benzene rings is 1. The number of rotatable bonds is 8. The first-order chi connectivity index (χ1) is 12.5. The number of aromatic nitrogens is 1. The zero-order valence-corrected chi connectivity index (χ0v) is 17.2. The SMILES string of the molecule is CCOC(=O)Cn1cccc/c1=N\P(=S)(c1ccccc1)N(CC)CC. The Labute approximate surface area is 160 Å². The first kappa shape index (κ1) is 20.6. The Hall–Kier alpha value is -1.75. The van der Waals surface area contributed by atoms with E-state index >= 15 is 0 Å². The van der Waals surface area contributed by atoms with Crippen molar-refractivity contribution in [2.75, 3.05) is 19.7 Å². The second-order valence-electron chi connectivity index (χ2n) is 5.61. The third kappa shape index (κ3) is 4.91. The summed E-state index contributed by atoms with van der Waals surface area (Å²) in [5.41, 5.74) is 0.694. The number of hydrogen-bond acceptors (Lipinski definition) is 3. The van der Waals surface area contributed by atoms with Crippen LogP contribution in [0.25, 0.3) is 0 Å². The molecule has 7 heteroatoms. The van der Waals surface area contributed by atoms with E-state index in [2.05, 4.69) is 18.5 Å². The summed E-state index contributed by atoms with van der Waals surface area (Å²) >= 11 is 6.14. The summed E-state index contributed by atoms with van der Waals surface area (Å²) in [6.07, 6.45) is -0.535. The average molecular weight is 391 g/mol. The Morgan fingerprint density at radius 2 is 1.77 bits per heavy atom. The van der Waals surface area contributed by atoms with Gasteiger partial charge in [-0.3, -0.25) is 9.46 Å². The van der Waals surface area contributed by atoms with Gasteiger partial charge in [0.1, 0.15) is 12.0 Å². The molecule has 0 aliphatic rings. The van der Waals surface area contributed by atoms with Crippen molar-refractivity contribution in [3.05, 3.63) is 60.2 Å². The highest BCUT2D eigenvalue weighted by Gasteiger charge is 2.25. The number of nitrogens with zero attached hydrogens (tertiary/aromatic N) is 3. The highest BCUT2D eigenvalue weighted by atomic mass is 32.4. The molecule has 5 nitrogen and oxygen atoms in total. The van der Waals surface area contributed by atoms with Crippen LogP contribution < -0.4 is 10.8 Å². The maximum atomic E-state index is 11.9. The zero-order chi connectivity index (χ0) is 19.0. The van der Waals surface area contributed by atoms with Gasteiger partial charge in [0.2, 0.25) is 0 Å². The normalized spacial score (nSPS) is 14.2. The second-order valence-corrected chi connectivity index (χ2v) is 9.51. The molecule has 0 fully saturated rings. The first-order valence-electron chi connectivity index (χ1n) is 8.83. The van der Waals surface area contributed by atoms with Crippen molar-refractivity contribution in [2.24, 2.45) is 4.76 Å². The number of carbonyl (C=O) groups is 1. The van der Waals surface area contributed by atoms with E-state index in [4.69, 9.17) is 21.3 Å². The van der Waals surface area contributed by atoms with Crippen LogP contribution in [0.2, 0.25) is 0 Å². The van der Waals surface area contributed by atoms with E-state index in [0.717, 1.165) is 18.4 Å². The summed E-state index contributed by atoms with van der Waals surface area (Å²) in [5, 5.41) is 1.05. The predicted molar refractivity (Wildman–Crippen MR) is 110 cm³/mol. The Bertz CT molecular complexity index is 832. The van der Waals surface area contributed by atoms with Crippen molar-refractivity contribution in [1.29, 1.82) is 0 Å². The molecule has 0 saturated heterocycles. The molecular formula is C19H26N3O2PS. The number of carbonyl (C=O) groups excluding carboxylic acids is 1. The van der Waals surface area contributed by atoms with Crippen LogP contribution in [-0.2, 0) is 27.9 Å². The van der Waals surface area contributed by atoms with Crippen LogP contribution in [0.15, 0.2) is 59.5 Å². The predicted octanol–water partition coefficient (Wildman–Crippen LogP) is 2.93. The van der Waals surface area contributed by atoms with Crippen LogP contribution in [0, 0.1) is 0 Å². The standard InChI is InChI=1S/C19H26N3O2PS/c1-4-22(5-2)25(26,17-12-8-7-9-13-17)20-18-14-10-11-15-21(18)16-19(23)24-6-3/h7-15H,4-6,16H2,1-3H3/b20-18+. The van der Waals surface area contributed by atoms with Gasteiger partial charge in [-0.25, -0.2) is 4.76 Å². The molecule has 0 N–H and O–H groups in total. The summed E-state index contributed by atoms with van der Waals surface area (Å²) in [7, 11) is 0. The van der Waals surface area contributed by atoms with Crippen molar-refractivity contribution in [3.8, 4) is 0 Å². The number of pyridine rings is 1. The summed E-state index contributed by atoms with van der Waals surface area (Å²) in [4.78, 5) is 11.9. The third-order valence-corrected chi connectivity index (χ3v) is 8.31. The first-order valence-corrected chi connectivity index (χ1v) is 11.5. The lowest BCUT2D eigenvalue weighted by Crippen LogP contribution is -2.29. The van der Waals surface area contributed by atoms with Crippen molar-refractivity contribution in [3.63, 3.8) is 0 Å². The summed E-state index contributed by atoms with van der Waals surface area (Å²) in [6.45, 7) is 8.11. The molecule has 26 heavy (non-hydrogen) atoms. The summed E-state index contributed by atoms with van der Waals surface area (Å²) in [6, 6.07) is 15.7. The summed E-state index contributed by atoms with van der Waals surface area (Å²) < 4.78 is 14.1. The topological polar surface area (TPSA) is 46.8 Å². The molecule has 0 spiro atoms. The van der Waals surface area contributed by atoms with Crippen LogP contribution in [0.1, 0.15) is 20.8 Å². The quantitative estimate of drug-likeness (QED) is 0.513. The molecule has 0 amide bonds. The molecule has 0 radical (unpaired) electrons. The molecule has 0 bridgehead atoms. The monoisotopic (exact) mass is 391 g/mol. The van der Waals surface area contributed by atoms with Crippen LogP contribution in [0.5, 0.6) is 0 Å².